The Morgan fingerprint density at radius 2 is 1.95 bits per heavy atom. The standard InChI is InChI=1S/C17H27N3O2/c1-11(2)19-6-5-15-14(10-19)18-16(22-15)17(21)20-8-12(3)7-13(4)9-20/h11-13H,5-10H2,1-4H3. The number of piperidine rings is 1. The molecule has 0 N–H and O–H groups in total. The molecule has 0 saturated carbocycles. The Hall–Kier alpha value is -1.36. The van der Waals surface area contributed by atoms with Crippen molar-refractivity contribution >= 4 is 5.91 Å². The lowest BCUT2D eigenvalue weighted by molar-refractivity contribution is 0.0581. The molecular formula is C17H27N3O2. The zero-order valence-electron chi connectivity index (χ0n) is 14.1. The van der Waals surface area contributed by atoms with E-state index in [0.29, 0.717) is 17.9 Å². The van der Waals surface area contributed by atoms with E-state index in [0.717, 1.165) is 44.1 Å². The molecule has 1 aromatic rings. The van der Waals surface area contributed by atoms with Crippen LogP contribution in [0.25, 0.3) is 0 Å². The van der Waals surface area contributed by atoms with E-state index in [-0.39, 0.29) is 11.8 Å². The molecule has 1 amide bonds. The summed E-state index contributed by atoms with van der Waals surface area (Å²) in [6, 6.07) is 0.493. The van der Waals surface area contributed by atoms with Crippen LogP contribution in [0.15, 0.2) is 4.42 Å². The summed E-state index contributed by atoms with van der Waals surface area (Å²) in [6.45, 7) is 12.2. The molecule has 0 aliphatic carbocycles. The summed E-state index contributed by atoms with van der Waals surface area (Å²) in [4.78, 5) is 21.5. The molecule has 2 atom stereocenters. The minimum Gasteiger partial charge on any atom is -0.437 e. The Morgan fingerprint density at radius 3 is 2.59 bits per heavy atom. The Kier molecular flexibility index (Phi) is 4.26. The first kappa shape index (κ1) is 15.5. The average Bonchev–Trinajstić information content (AvgIpc) is 2.88. The van der Waals surface area contributed by atoms with Crippen LogP contribution in [0, 0.1) is 11.8 Å². The van der Waals surface area contributed by atoms with E-state index < -0.39 is 0 Å². The predicted octanol–water partition coefficient (Wildman–Crippen LogP) is 2.56. The topological polar surface area (TPSA) is 49.6 Å². The number of carbonyl (C=O) groups is 1. The van der Waals surface area contributed by atoms with Gasteiger partial charge in [0, 0.05) is 38.6 Å². The number of carbonyl (C=O) groups excluding carboxylic acids is 1. The summed E-state index contributed by atoms with van der Waals surface area (Å²) in [5.74, 6) is 2.25. The lowest BCUT2D eigenvalue weighted by atomic mass is 9.92. The molecule has 2 aliphatic heterocycles. The second kappa shape index (κ2) is 6.03. The van der Waals surface area contributed by atoms with Crippen molar-refractivity contribution in [2.24, 2.45) is 11.8 Å². The number of hydrogen-bond acceptors (Lipinski definition) is 4. The van der Waals surface area contributed by atoms with Crippen molar-refractivity contribution in [2.75, 3.05) is 19.6 Å². The summed E-state index contributed by atoms with van der Waals surface area (Å²) >= 11 is 0. The van der Waals surface area contributed by atoms with Crippen LogP contribution in [0.2, 0.25) is 0 Å². The SMILES string of the molecule is CC1CC(C)CN(C(=O)c2nc3c(o2)CCN(C(C)C)C3)C1. The van der Waals surface area contributed by atoms with Gasteiger partial charge in [0.1, 0.15) is 5.76 Å². The van der Waals surface area contributed by atoms with Crippen molar-refractivity contribution in [3.8, 4) is 0 Å². The Balaban J connectivity index is 1.75. The second-order valence-corrected chi connectivity index (χ2v) is 7.36. The van der Waals surface area contributed by atoms with Crippen molar-refractivity contribution in [1.82, 2.24) is 14.8 Å². The highest BCUT2D eigenvalue weighted by Crippen LogP contribution is 2.25. The highest BCUT2D eigenvalue weighted by atomic mass is 16.4. The van der Waals surface area contributed by atoms with Crippen LogP contribution in [-0.4, -0.2) is 46.4 Å². The number of hydrogen-bond donors (Lipinski definition) is 0. The molecular weight excluding hydrogens is 278 g/mol. The molecule has 5 nitrogen and oxygen atoms in total. The lowest BCUT2D eigenvalue weighted by Crippen LogP contribution is -2.42. The maximum atomic E-state index is 12.7. The predicted molar refractivity (Wildman–Crippen MR) is 84.6 cm³/mol. The first-order chi connectivity index (χ1) is 10.4. The van der Waals surface area contributed by atoms with Crippen molar-refractivity contribution in [2.45, 2.75) is 53.1 Å². The molecule has 0 bridgehead atoms. The maximum absolute atomic E-state index is 12.7. The van der Waals surface area contributed by atoms with Gasteiger partial charge >= 0.3 is 5.91 Å². The molecule has 22 heavy (non-hydrogen) atoms. The summed E-state index contributed by atoms with van der Waals surface area (Å²) in [6.07, 6.45) is 2.04. The number of amides is 1. The fourth-order valence-electron chi connectivity index (χ4n) is 3.72. The highest BCUT2D eigenvalue weighted by molar-refractivity contribution is 5.89. The van der Waals surface area contributed by atoms with E-state index in [1.54, 1.807) is 0 Å². The molecule has 0 aromatic carbocycles. The minimum absolute atomic E-state index is 0.0381. The van der Waals surface area contributed by atoms with Crippen molar-refractivity contribution in [1.29, 1.82) is 0 Å². The van der Waals surface area contributed by atoms with Gasteiger partial charge in [-0.3, -0.25) is 9.69 Å². The van der Waals surface area contributed by atoms with E-state index in [4.69, 9.17) is 4.42 Å². The molecule has 2 aliphatic rings. The van der Waals surface area contributed by atoms with Gasteiger partial charge in [0.15, 0.2) is 0 Å². The molecule has 1 aromatic heterocycles. The third kappa shape index (κ3) is 3.05. The third-order valence-electron chi connectivity index (χ3n) is 4.83. The van der Waals surface area contributed by atoms with Crippen LogP contribution >= 0.6 is 0 Å². The maximum Gasteiger partial charge on any atom is 0.309 e. The molecule has 122 valence electrons. The van der Waals surface area contributed by atoms with Crippen LogP contribution in [0.4, 0.5) is 0 Å². The van der Waals surface area contributed by atoms with Crippen LogP contribution in [0.1, 0.15) is 56.3 Å². The summed E-state index contributed by atoms with van der Waals surface area (Å²) < 4.78 is 5.79. The Morgan fingerprint density at radius 1 is 1.27 bits per heavy atom. The van der Waals surface area contributed by atoms with Gasteiger partial charge in [0.05, 0.1) is 5.69 Å². The number of rotatable bonds is 2. The molecule has 0 spiro atoms. The zero-order chi connectivity index (χ0) is 15.9. The van der Waals surface area contributed by atoms with Gasteiger partial charge in [-0.15, -0.1) is 0 Å². The second-order valence-electron chi connectivity index (χ2n) is 7.36. The summed E-state index contributed by atoms with van der Waals surface area (Å²) in [7, 11) is 0. The first-order valence-electron chi connectivity index (χ1n) is 8.46. The largest absolute Gasteiger partial charge is 0.437 e. The average molecular weight is 305 g/mol. The molecule has 5 heteroatoms. The zero-order valence-corrected chi connectivity index (χ0v) is 14.1. The van der Waals surface area contributed by atoms with E-state index in [1.807, 2.05) is 4.90 Å². The quantitative estimate of drug-likeness (QED) is 0.842. The number of likely N-dealkylation sites (tertiary alicyclic amines) is 1. The Bertz CT molecular complexity index is 542. The third-order valence-corrected chi connectivity index (χ3v) is 4.83. The molecule has 0 radical (unpaired) electrons. The van der Waals surface area contributed by atoms with Gasteiger partial charge in [-0.25, -0.2) is 4.98 Å². The number of oxazole rings is 1. The van der Waals surface area contributed by atoms with Crippen LogP contribution in [0.3, 0.4) is 0 Å². The molecule has 2 unspecified atom stereocenters. The molecule has 1 fully saturated rings. The van der Waals surface area contributed by atoms with Gasteiger partial charge in [0.2, 0.25) is 0 Å². The van der Waals surface area contributed by atoms with Crippen molar-refractivity contribution in [3.05, 3.63) is 17.3 Å². The summed E-state index contributed by atoms with van der Waals surface area (Å²) in [5.41, 5.74) is 0.946. The van der Waals surface area contributed by atoms with E-state index >= 15 is 0 Å². The van der Waals surface area contributed by atoms with E-state index in [9.17, 15) is 4.79 Å². The van der Waals surface area contributed by atoms with Gasteiger partial charge in [-0.05, 0) is 32.1 Å². The fourth-order valence-corrected chi connectivity index (χ4v) is 3.72. The van der Waals surface area contributed by atoms with Gasteiger partial charge < -0.3 is 9.32 Å². The normalized spacial score (nSPS) is 26.3. The number of aromatic nitrogens is 1. The van der Waals surface area contributed by atoms with Gasteiger partial charge in [0.25, 0.3) is 5.89 Å². The minimum atomic E-state index is -0.0381. The van der Waals surface area contributed by atoms with E-state index in [2.05, 4.69) is 37.6 Å². The van der Waals surface area contributed by atoms with E-state index in [1.165, 1.54) is 6.42 Å². The smallest absolute Gasteiger partial charge is 0.309 e. The lowest BCUT2D eigenvalue weighted by Gasteiger charge is -2.34. The monoisotopic (exact) mass is 305 g/mol. The van der Waals surface area contributed by atoms with Crippen LogP contribution in [-0.2, 0) is 13.0 Å². The van der Waals surface area contributed by atoms with Crippen molar-refractivity contribution in [3.63, 3.8) is 0 Å². The van der Waals surface area contributed by atoms with Gasteiger partial charge in [-0.1, -0.05) is 13.8 Å². The van der Waals surface area contributed by atoms with Crippen LogP contribution < -0.4 is 0 Å². The molecule has 3 heterocycles. The number of fused-ring (bicyclic) bond motifs is 1. The first-order valence-corrected chi connectivity index (χ1v) is 8.46. The number of nitrogens with zero attached hydrogens (tertiary/aromatic N) is 3. The fraction of sp³-hybridized carbons (Fsp3) is 0.765. The van der Waals surface area contributed by atoms with Gasteiger partial charge in [-0.2, -0.15) is 0 Å². The van der Waals surface area contributed by atoms with Crippen LogP contribution in [0.5, 0.6) is 0 Å². The summed E-state index contributed by atoms with van der Waals surface area (Å²) in [5, 5.41) is 0. The molecule has 3 rings (SSSR count). The molecule has 1 saturated heterocycles. The Labute approximate surface area is 132 Å². The van der Waals surface area contributed by atoms with Crippen molar-refractivity contribution < 1.29 is 9.21 Å². The highest BCUT2D eigenvalue weighted by Gasteiger charge is 2.31.